The van der Waals surface area contributed by atoms with E-state index < -0.39 is 0 Å². The lowest BCUT2D eigenvalue weighted by molar-refractivity contribution is 1.52. The number of rotatable bonds is 4. The Hall–Kier alpha value is -0.880. The predicted molar refractivity (Wildman–Crippen MR) is 77.9 cm³/mol. The molecule has 1 aromatic heterocycles. The van der Waals surface area contributed by atoms with Gasteiger partial charge in [0.2, 0.25) is 0 Å². The highest BCUT2D eigenvalue weighted by Crippen LogP contribution is 2.15. The molecule has 2 nitrogen and oxygen atoms in total. The minimum Gasteiger partial charge on any atom is -0.192 e. The Morgan fingerprint density at radius 1 is 1.06 bits per heavy atom. The molecule has 1 rings (SSSR count). The van der Waals surface area contributed by atoms with Gasteiger partial charge >= 0.3 is 0 Å². The van der Waals surface area contributed by atoms with Gasteiger partial charge in [0.25, 0.3) is 0 Å². The minimum atomic E-state index is 0.738. The van der Waals surface area contributed by atoms with Crippen molar-refractivity contribution in [2.45, 2.75) is 13.8 Å². The maximum absolute atomic E-state index is 9.04. The van der Waals surface area contributed by atoms with Crippen LogP contribution in [0.2, 0.25) is 0 Å². The lowest BCUT2D eigenvalue weighted by Gasteiger charge is -1.91. The van der Waals surface area contributed by atoms with E-state index in [0.717, 1.165) is 30.4 Å². The zero-order valence-electron chi connectivity index (χ0n) is 9.69. The largest absolute Gasteiger partial charge is 0.192 e. The lowest BCUT2D eigenvalue weighted by Crippen LogP contribution is -1.98. The quantitative estimate of drug-likeness (QED) is 0.850. The molecule has 0 aromatic carbocycles. The Bertz CT molecular complexity index is 522. The van der Waals surface area contributed by atoms with Gasteiger partial charge in [0.05, 0.1) is 9.06 Å². The molecule has 0 radical (unpaired) electrons. The summed E-state index contributed by atoms with van der Waals surface area (Å²) >= 11 is 4.60. The summed E-state index contributed by atoms with van der Waals surface area (Å²) in [6.07, 6.45) is 0. The summed E-state index contributed by atoms with van der Waals surface area (Å²) in [7, 11) is 0. The number of nitrogens with zero attached hydrogens (tertiary/aromatic N) is 2. The Morgan fingerprint density at radius 2 is 1.47 bits per heavy atom. The SMILES string of the molecule is CCS/C(C#N)=c1/cc/c(=C(/C#N)SCC)s1. The van der Waals surface area contributed by atoms with Gasteiger partial charge in [-0.2, -0.15) is 10.5 Å². The molecule has 0 N–H and O–H groups in total. The van der Waals surface area contributed by atoms with E-state index in [9.17, 15) is 0 Å². The van der Waals surface area contributed by atoms with Crippen molar-refractivity contribution < 1.29 is 0 Å². The molecule has 0 saturated heterocycles. The summed E-state index contributed by atoms with van der Waals surface area (Å²) in [6.45, 7) is 4.05. The molecular weight excluding hydrogens is 268 g/mol. The first-order valence-corrected chi connectivity index (χ1v) is 7.95. The highest BCUT2D eigenvalue weighted by atomic mass is 32.2. The molecular formula is C12H12N2S3. The summed E-state index contributed by atoms with van der Waals surface area (Å²) < 4.78 is 1.91. The van der Waals surface area contributed by atoms with Crippen LogP contribution in [0.4, 0.5) is 0 Å². The van der Waals surface area contributed by atoms with Crippen molar-refractivity contribution >= 4 is 44.7 Å². The third-order valence-electron chi connectivity index (χ3n) is 1.83. The van der Waals surface area contributed by atoms with E-state index in [0.29, 0.717) is 0 Å². The molecule has 0 saturated carbocycles. The average molecular weight is 280 g/mol. The van der Waals surface area contributed by atoms with Crippen LogP contribution >= 0.6 is 34.9 Å². The van der Waals surface area contributed by atoms with Crippen molar-refractivity contribution in [1.29, 1.82) is 10.5 Å². The molecule has 0 atom stereocenters. The molecule has 0 aliphatic carbocycles. The van der Waals surface area contributed by atoms with Crippen LogP contribution in [0.1, 0.15) is 13.8 Å². The monoisotopic (exact) mass is 280 g/mol. The summed E-state index contributed by atoms with van der Waals surface area (Å²) in [5, 5.41) is 18.1. The van der Waals surface area contributed by atoms with Gasteiger partial charge in [-0.15, -0.1) is 34.9 Å². The fourth-order valence-corrected chi connectivity index (χ4v) is 3.70. The highest BCUT2D eigenvalue weighted by Gasteiger charge is 2.01. The van der Waals surface area contributed by atoms with Crippen LogP contribution in [0.25, 0.3) is 9.81 Å². The second-order valence-corrected chi connectivity index (χ2v) is 6.54. The second kappa shape index (κ2) is 7.45. The first-order chi connectivity index (χ1) is 8.26. The number of hydrogen-bond donors (Lipinski definition) is 0. The molecule has 0 amide bonds. The molecule has 0 fully saturated rings. The molecule has 0 unspecified atom stereocenters. The van der Waals surface area contributed by atoms with Crippen LogP contribution in [-0.2, 0) is 0 Å². The van der Waals surface area contributed by atoms with E-state index in [1.807, 2.05) is 26.0 Å². The van der Waals surface area contributed by atoms with Crippen LogP contribution in [0.5, 0.6) is 0 Å². The molecule has 0 aliphatic heterocycles. The first-order valence-electron chi connectivity index (χ1n) is 5.17. The van der Waals surface area contributed by atoms with Crippen LogP contribution in [0.15, 0.2) is 12.1 Å². The van der Waals surface area contributed by atoms with E-state index in [1.165, 1.54) is 11.3 Å². The van der Waals surface area contributed by atoms with Crippen molar-refractivity contribution in [2.75, 3.05) is 11.5 Å². The predicted octanol–water partition coefficient (Wildman–Crippen LogP) is 2.52. The number of nitriles is 2. The molecule has 1 aromatic rings. The van der Waals surface area contributed by atoms with E-state index in [-0.39, 0.29) is 0 Å². The van der Waals surface area contributed by atoms with E-state index in [1.54, 1.807) is 23.5 Å². The summed E-state index contributed by atoms with van der Waals surface area (Å²) in [6, 6.07) is 8.28. The second-order valence-electron chi connectivity index (χ2n) is 2.91. The van der Waals surface area contributed by atoms with Gasteiger partial charge in [0, 0.05) is 0 Å². The summed E-state index contributed by atoms with van der Waals surface area (Å²) in [4.78, 5) is 1.48. The van der Waals surface area contributed by atoms with Gasteiger partial charge in [0.1, 0.15) is 21.9 Å². The summed E-state index contributed by atoms with van der Waals surface area (Å²) in [5.41, 5.74) is 0. The Morgan fingerprint density at radius 3 is 1.76 bits per heavy atom. The topological polar surface area (TPSA) is 47.6 Å². The van der Waals surface area contributed by atoms with Crippen LogP contribution < -0.4 is 9.06 Å². The standard InChI is InChI=1S/C12H12N2S3/c1-3-15-11(7-13)9-5-6-10(17-9)12(8-14)16-4-2/h5-6H,3-4H2,1-2H3/b11-9-,12-10+. The van der Waals surface area contributed by atoms with Crippen LogP contribution in [0.3, 0.4) is 0 Å². The molecule has 1 heterocycles. The van der Waals surface area contributed by atoms with Crippen LogP contribution in [0, 0.1) is 22.7 Å². The molecule has 0 aliphatic rings. The minimum absolute atomic E-state index is 0.738. The Labute approximate surface area is 114 Å². The maximum Gasteiger partial charge on any atom is 0.108 e. The van der Waals surface area contributed by atoms with Gasteiger partial charge in [-0.1, -0.05) is 13.8 Å². The average Bonchev–Trinajstić information content (AvgIpc) is 2.82. The fourth-order valence-electron chi connectivity index (χ4n) is 1.19. The smallest absolute Gasteiger partial charge is 0.108 e. The van der Waals surface area contributed by atoms with Gasteiger partial charge in [-0.05, 0) is 23.6 Å². The third kappa shape index (κ3) is 3.81. The van der Waals surface area contributed by atoms with Gasteiger partial charge in [-0.25, -0.2) is 0 Å². The molecule has 5 heteroatoms. The highest BCUT2D eigenvalue weighted by molar-refractivity contribution is 8.08. The number of thiophene rings is 1. The Balaban J connectivity index is 3.33. The molecule has 88 valence electrons. The Kier molecular flexibility index (Phi) is 6.21. The summed E-state index contributed by atoms with van der Waals surface area (Å²) in [5.74, 6) is 1.77. The van der Waals surface area contributed by atoms with E-state index in [4.69, 9.17) is 10.5 Å². The zero-order chi connectivity index (χ0) is 12.7. The first kappa shape index (κ1) is 14.2. The molecule has 0 bridgehead atoms. The lowest BCUT2D eigenvalue weighted by atomic mass is 10.5. The number of thioether (sulfide) groups is 2. The normalized spacial score (nSPS) is 13.6. The fraction of sp³-hybridized carbons (Fsp3) is 0.333. The van der Waals surface area contributed by atoms with Gasteiger partial charge in [0.15, 0.2) is 0 Å². The van der Waals surface area contributed by atoms with E-state index in [2.05, 4.69) is 12.1 Å². The van der Waals surface area contributed by atoms with Gasteiger partial charge in [-0.3, -0.25) is 0 Å². The van der Waals surface area contributed by atoms with Crippen molar-refractivity contribution in [3.8, 4) is 12.1 Å². The van der Waals surface area contributed by atoms with Crippen molar-refractivity contribution in [3.63, 3.8) is 0 Å². The molecule has 17 heavy (non-hydrogen) atoms. The van der Waals surface area contributed by atoms with Gasteiger partial charge < -0.3 is 0 Å². The van der Waals surface area contributed by atoms with Crippen molar-refractivity contribution in [1.82, 2.24) is 0 Å². The van der Waals surface area contributed by atoms with Crippen molar-refractivity contribution in [2.24, 2.45) is 0 Å². The maximum atomic E-state index is 9.04. The van der Waals surface area contributed by atoms with Crippen LogP contribution in [-0.4, -0.2) is 11.5 Å². The zero-order valence-corrected chi connectivity index (χ0v) is 12.1. The third-order valence-corrected chi connectivity index (χ3v) is 4.99. The van der Waals surface area contributed by atoms with E-state index >= 15 is 0 Å². The van der Waals surface area contributed by atoms with Crippen molar-refractivity contribution in [3.05, 3.63) is 21.2 Å². The number of hydrogen-bond acceptors (Lipinski definition) is 5. The molecule has 0 spiro atoms.